The molecule has 0 aromatic heterocycles. The van der Waals surface area contributed by atoms with Gasteiger partial charge in [0.2, 0.25) is 5.91 Å². The molecule has 2 heterocycles. The first-order valence-corrected chi connectivity index (χ1v) is 8.37. The molecule has 2 fully saturated rings. The monoisotopic (exact) mass is 302 g/mol. The number of hydrogen-bond acceptors (Lipinski definition) is 3. The summed E-state index contributed by atoms with van der Waals surface area (Å²) in [5.41, 5.74) is 2.75. The Morgan fingerprint density at radius 2 is 2.00 bits per heavy atom. The maximum absolute atomic E-state index is 12.6. The number of piperidine rings is 1. The van der Waals surface area contributed by atoms with Crippen LogP contribution in [0.1, 0.15) is 29.9 Å². The summed E-state index contributed by atoms with van der Waals surface area (Å²) in [5, 5.41) is 0. The number of carbonyl (C=O) groups is 1. The number of amides is 1. The topological polar surface area (TPSA) is 32.8 Å². The normalized spacial score (nSPS) is 23.5. The lowest BCUT2D eigenvalue weighted by molar-refractivity contribution is -0.134. The van der Waals surface area contributed by atoms with Crippen LogP contribution in [-0.4, -0.2) is 61.6 Å². The van der Waals surface area contributed by atoms with Crippen molar-refractivity contribution in [1.29, 1.82) is 0 Å². The Morgan fingerprint density at radius 3 is 2.77 bits per heavy atom. The van der Waals surface area contributed by atoms with E-state index in [1.54, 1.807) is 0 Å². The number of carbonyl (C=O) groups excluding carboxylic acids is 1. The molecule has 22 heavy (non-hydrogen) atoms. The second kappa shape index (κ2) is 7.25. The second-order valence-corrected chi connectivity index (χ2v) is 6.42. The van der Waals surface area contributed by atoms with Gasteiger partial charge in [0, 0.05) is 32.1 Å². The van der Waals surface area contributed by atoms with E-state index in [2.05, 4.69) is 41.0 Å². The van der Waals surface area contributed by atoms with Crippen LogP contribution in [0.25, 0.3) is 0 Å². The minimum atomic E-state index is 0.278. The van der Waals surface area contributed by atoms with Gasteiger partial charge >= 0.3 is 0 Å². The number of ether oxygens (including phenoxy) is 1. The van der Waals surface area contributed by atoms with Crippen LogP contribution in [0.2, 0.25) is 0 Å². The number of nitrogens with zero attached hydrogens (tertiary/aromatic N) is 2. The standard InChI is InChI=1S/C18H26N2O2/c1-15-5-2-3-7-17(15)16-6-4-8-20(13-16)18(21)14-19-9-11-22-12-10-19/h2-3,5,7,16H,4,6,8-14H2,1H3/t16-/m1/s1. The lowest BCUT2D eigenvalue weighted by Crippen LogP contribution is -2.47. The Labute approximate surface area is 133 Å². The average Bonchev–Trinajstić information content (AvgIpc) is 2.56. The van der Waals surface area contributed by atoms with Gasteiger partial charge in [0.25, 0.3) is 0 Å². The third-order valence-electron chi connectivity index (χ3n) is 4.86. The molecule has 0 spiro atoms. The zero-order valence-corrected chi connectivity index (χ0v) is 13.5. The smallest absolute Gasteiger partial charge is 0.236 e. The van der Waals surface area contributed by atoms with Crippen molar-refractivity contribution >= 4 is 5.91 Å². The van der Waals surface area contributed by atoms with Gasteiger partial charge in [0.15, 0.2) is 0 Å². The Balaban J connectivity index is 1.60. The van der Waals surface area contributed by atoms with E-state index in [1.165, 1.54) is 17.5 Å². The molecule has 2 saturated heterocycles. The molecule has 4 heteroatoms. The number of benzene rings is 1. The summed E-state index contributed by atoms with van der Waals surface area (Å²) in [6, 6.07) is 8.58. The van der Waals surface area contributed by atoms with Crippen molar-refractivity contribution in [2.24, 2.45) is 0 Å². The van der Waals surface area contributed by atoms with Crippen molar-refractivity contribution in [3.63, 3.8) is 0 Å². The molecule has 0 bridgehead atoms. The van der Waals surface area contributed by atoms with Crippen molar-refractivity contribution in [1.82, 2.24) is 9.80 Å². The molecule has 1 amide bonds. The summed E-state index contributed by atoms with van der Waals surface area (Å²) in [5.74, 6) is 0.767. The summed E-state index contributed by atoms with van der Waals surface area (Å²) in [7, 11) is 0. The van der Waals surface area contributed by atoms with E-state index in [-0.39, 0.29) is 5.91 Å². The highest BCUT2D eigenvalue weighted by Gasteiger charge is 2.26. The molecule has 1 atom stereocenters. The van der Waals surface area contributed by atoms with Crippen LogP contribution in [0.15, 0.2) is 24.3 Å². The molecule has 0 unspecified atom stereocenters. The second-order valence-electron chi connectivity index (χ2n) is 6.42. The Morgan fingerprint density at radius 1 is 1.23 bits per heavy atom. The number of hydrogen-bond donors (Lipinski definition) is 0. The zero-order valence-electron chi connectivity index (χ0n) is 13.5. The van der Waals surface area contributed by atoms with Crippen LogP contribution in [0.5, 0.6) is 0 Å². The van der Waals surface area contributed by atoms with Gasteiger partial charge in [0.1, 0.15) is 0 Å². The summed E-state index contributed by atoms with van der Waals surface area (Å²) in [6.45, 7) is 7.74. The number of likely N-dealkylation sites (tertiary alicyclic amines) is 1. The van der Waals surface area contributed by atoms with Crippen LogP contribution in [-0.2, 0) is 9.53 Å². The summed E-state index contributed by atoms with van der Waals surface area (Å²) in [6.07, 6.45) is 2.29. The van der Waals surface area contributed by atoms with E-state index in [0.29, 0.717) is 12.5 Å². The molecule has 120 valence electrons. The van der Waals surface area contributed by atoms with Crippen LogP contribution >= 0.6 is 0 Å². The molecule has 1 aromatic rings. The maximum atomic E-state index is 12.6. The minimum absolute atomic E-state index is 0.278. The van der Waals surface area contributed by atoms with Crippen molar-refractivity contribution < 1.29 is 9.53 Å². The molecule has 0 aliphatic carbocycles. The third-order valence-corrected chi connectivity index (χ3v) is 4.86. The van der Waals surface area contributed by atoms with Gasteiger partial charge in [-0.15, -0.1) is 0 Å². The van der Waals surface area contributed by atoms with Crippen molar-refractivity contribution in [2.75, 3.05) is 45.9 Å². The number of rotatable bonds is 3. The lowest BCUT2D eigenvalue weighted by atomic mass is 9.88. The van der Waals surface area contributed by atoms with Gasteiger partial charge in [-0.25, -0.2) is 0 Å². The summed E-state index contributed by atoms with van der Waals surface area (Å²) >= 11 is 0. The Kier molecular flexibility index (Phi) is 5.11. The Hall–Kier alpha value is -1.39. The Bertz CT molecular complexity index is 512. The van der Waals surface area contributed by atoms with Crippen LogP contribution in [0.3, 0.4) is 0 Å². The number of aryl methyl sites for hydroxylation is 1. The van der Waals surface area contributed by atoms with Crippen LogP contribution in [0, 0.1) is 6.92 Å². The molecular formula is C18H26N2O2. The maximum Gasteiger partial charge on any atom is 0.236 e. The number of morpholine rings is 1. The van der Waals surface area contributed by atoms with Crippen molar-refractivity contribution in [3.8, 4) is 0 Å². The highest BCUT2D eigenvalue weighted by molar-refractivity contribution is 5.78. The highest BCUT2D eigenvalue weighted by atomic mass is 16.5. The van der Waals surface area contributed by atoms with E-state index in [4.69, 9.17) is 4.74 Å². The van der Waals surface area contributed by atoms with Gasteiger partial charge in [-0.3, -0.25) is 9.69 Å². The fourth-order valence-electron chi connectivity index (χ4n) is 3.55. The van der Waals surface area contributed by atoms with E-state index >= 15 is 0 Å². The average molecular weight is 302 g/mol. The largest absolute Gasteiger partial charge is 0.379 e. The minimum Gasteiger partial charge on any atom is -0.379 e. The van der Waals surface area contributed by atoms with E-state index in [0.717, 1.165) is 45.8 Å². The molecular weight excluding hydrogens is 276 g/mol. The van der Waals surface area contributed by atoms with Gasteiger partial charge < -0.3 is 9.64 Å². The molecule has 3 rings (SSSR count). The van der Waals surface area contributed by atoms with Gasteiger partial charge in [-0.1, -0.05) is 24.3 Å². The third kappa shape index (κ3) is 3.68. The molecule has 4 nitrogen and oxygen atoms in total. The predicted molar refractivity (Wildman–Crippen MR) is 87.0 cm³/mol. The molecule has 1 aromatic carbocycles. The van der Waals surface area contributed by atoms with E-state index in [1.807, 2.05) is 0 Å². The lowest BCUT2D eigenvalue weighted by Gasteiger charge is -2.35. The molecule has 0 saturated carbocycles. The van der Waals surface area contributed by atoms with Crippen molar-refractivity contribution in [3.05, 3.63) is 35.4 Å². The van der Waals surface area contributed by atoms with Crippen LogP contribution < -0.4 is 0 Å². The van der Waals surface area contributed by atoms with Gasteiger partial charge in [0.05, 0.1) is 19.8 Å². The predicted octanol–water partition coefficient (Wildman–Crippen LogP) is 2.03. The molecule has 0 N–H and O–H groups in total. The molecule has 0 radical (unpaired) electrons. The summed E-state index contributed by atoms with van der Waals surface area (Å²) < 4.78 is 5.35. The SMILES string of the molecule is Cc1ccccc1[C@@H]1CCCN(C(=O)CN2CCOCC2)C1. The fraction of sp³-hybridized carbons (Fsp3) is 0.611. The fourth-order valence-corrected chi connectivity index (χ4v) is 3.55. The highest BCUT2D eigenvalue weighted by Crippen LogP contribution is 2.29. The van der Waals surface area contributed by atoms with E-state index < -0.39 is 0 Å². The first-order chi connectivity index (χ1) is 10.7. The molecule has 2 aliphatic heterocycles. The van der Waals surface area contributed by atoms with Crippen molar-refractivity contribution in [2.45, 2.75) is 25.7 Å². The molecule has 2 aliphatic rings. The van der Waals surface area contributed by atoms with Gasteiger partial charge in [-0.2, -0.15) is 0 Å². The van der Waals surface area contributed by atoms with Gasteiger partial charge in [-0.05, 0) is 30.9 Å². The van der Waals surface area contributed by atoms with Crippen LogP contribution in [0.4, 0.5) is 0 Å². The first-order valence-electron chi connectivity index (χ1n) is 8.37. The van der Waals surface area contributed by atoms with E-state index in [9.17, 15) is 4.79 Å². The quantitative estimate of drug-likeness (QED) is 0.856. The summed E-state index contributed by atoms with van der Waals surface area (Å²) in [4.78, 5) is 16.8. The first kappa shape index (κ1) is 15.5. The zero-order chi connectivity index (χ0) is 15.4.